The van der Waals surface area contributed by atoms with E-state index in [0.717, 1.165) is 11.1 Å². The van der Waals surface area contributed by atoms with Crippen LogP contribution in [-0.4, -0.2) is 11.8 Å². The molecule has 2 N–H and O–H groups in total. The van der Waals surface area contributed by atoms with E-state index in [4.69, 9.17) is 23.2 Å². The molecule has 0 unspecified atom stereocenters. The zero-order chi connectivity index (χ0) is 21.1. The highest BCUT2D eigenvalue weighted by atomic mass is 35.5. The summed E-state index contributed by atoms with van der Waals surface area (Å²) >= 11 is 12.5. The van der Waals surface area contributed by atoms with Crippen molar-refractivity contribution in [3.63, 3.8) is 0 Å². The van der Waals surface area contributed by atoms with E-state index in [1.165, 1.54) is 6.08 Å². The molecule has 6 heteroatoms. The lowest BCUT2D eigenvalue weighted by atomic mass is 9.95. The van der Waals surface area contributed by atoms with E-state index in [2.05, 4.69) is 10.6 Å². The molecule has 0 saturated heterocycles. The van der Waals surface area contributed by atoms with Gasteiger partial charge in [0.15, 0.2) is 0 Å². The molecule has 4 nitrogen and oxygen atoms in total. The van der Waals surface area contributed by atoms with Crippen LogP contribution in [0.3, 0.4) is 0 Å². The summed E-state index contributed by atoms with van der Waals surface area (Å²) in [6.07, 6.45) is 1.49. The summed E-state index contributed by atoms with van der Waals surface area (Å²) in [6, 6.07) is 10.8. The second-order valence-electron chi connectivity index (χ2n) is 7.67. The average molecular weight is 419 g/mol. The van der Waals surface area contributed by atoms with Crippen LogP contribution in [0, 0.1) is 19.3 Å². The van der Waals surface area contributed by atoms with Crippen molar-refractivity contribution >= 4 is 46.8 Å². The lowest BCUT2D eigenvalue weighted by Crippen LogP contribution is -2.38. The molecule has 0 heterocycles. The molecule has 0 radical (unpaired) electrons. The predicted octanol–water partition coefficient (Wildman–Crippen LogP) is 5.75. The molecule has 2 aromatic carbocycles. The first-order valence-electron chi connectivity index (χ1n) is 8.85. The van der Waals surface area contributed by atoms with Gasteiger partial charge in [0.2, 0.25) is 5.91 Å². The molecule has 0 spiro atoms. The zero-order valence-corrected chi connectivity index (χ0v) is 18.1. The van der Waals surface area contributed by atoms with Crippen molar-refractivity contribution in [2.45, 2.75) is 34.6 Å². The summed E-state index contributed by atoms with van der Waals surface area (Å²) in [5.74, 6) is -0.752. The third kappa shape index (κ3) is 5.60. The van der Waals surface area contributed by atoms with Gasteiger partial charge in [0.05, 0.1) is 0 Å². The number of aryl methyl sites for hydroxylation is 2. The Morgan fingerprint density at radius 3 is 2.14 bits per heavy atom. The normalized spacial score (nSPS) is 11.9. The van der Waals surface area contributed by atoms with Crippen LogP contribution < -0.4 is 10.6 Å². The molecule has 0 aliphatic carbocycles. The molecular formula is C22H24Cl2N2O2. The van der Waals surface area contributed by atoms with Gasteiger partial charge in [-0.3, -0.25) is 9.59 Å². The summed E-state index contributed by atoms with van der Waals surface area (Å²) in [5, 5.41) is 6.32. The van der Waals surface area contributed by atoms with Crippen molar-refractivity contribution in [2.75, 3.05) is 5.32 Å². The molecule has 0 aliphatic rings. The van der Waals surface area contributed by atoms with Gasteiger partial charge in [0, 0.05) is 26.7 Å². The minimum absolute atomic E-state index is 0.0647. The van der Waals surface area contributed by atoms with Gasteiger partial charge < -0.3 is 10.6 Å². The topological polar surface area (TPSA) is 58.2 Å². The first-order chi connectivity index (χ1) is 13.0. The fourth-order valence-corrected chi connectivity index (χ4v) is 2.91. The Bertz CT molecular complexity index is 924. The van der Waals surface area contributed by atoms with Crippen LogP contribution in [0.15, 0.2) is 42.1 Å². The van der Waals surface area contributed by atoms with Crippen LogP contribution in [0.5, 0.6) is 0 Å². The molecule has 0 fully saturated rings. The fourth-order valence-electron chi connectivity index (χ4n) is 2.40. The maximum absolute atomic E-state index is 13.0. The summed E-state index contributed by atoms with van der Waals surface area (Å²) in [5.41, 5.74) is 2.53. The molecule has 148 valence electrons. The lowest BCUT2D eigenvalue weighted by Gasteiger charge is -2.20. The summed E-state index contributed by atoms with van der Waals surface area (Å²) in [6.45, 7) is 9.19. The van der Waals surface area contributed by atoms with E-state index in [1.54, 1.807) is 39.0 Å². The van der Waals surface area contributed by atoms with Crippen molar-refractivity contribution in [3.8, 4) is 0 Å². The monoisotopic (exact) mass is 418 g/mol. The average Bonchev–Trinajstić information content (AvgIpc) is 2.58. The molecule has 2 amide bonds. The van der Waals surface area contributed by atoms with Crippen LogP contribution in [0.1, 0.15) is 37.5 Å². The summed E-state index contributed by atoms with van der Waals surface area (Å²) in [7, 11) is 0. The second-order valence-corrected chi connectivity index (χ2v) is 8.48. The Hall–Kier alpha value is -2.30. The largest absolute Gasteiger partial charge is 0.321 e. The lowest BCUT2D eigenvalue weighted by molar-refractivity contribution is -0.128. The Morgan fingerprint density at radius 1 is 1.00 bits per heavy atom. The highest BCUT2D eigenvalue weighted by molar-refractivity contribution is 6.37. The number of benzene rings is 2. The molecule has 0 saturated carbocycles. The molecule has 2 rings (SSSR count). The van der Waals surface area contributed by atoms with Crippen LogP contribution >= 0.6 is 23.2 Å². The molecule has 28 heavy (non-hydrogen) atoms. The first-order valence-corrected chi connectivity index (χ1v) is 9.60. The number of anilines is 1. The van der Waals surface area contributed by atoms with Gasteiger partial charge in [0.1, 0.15) is 5.70 Å². The molecular weight excluding hydrogens is 395 g/mol. The Labute approximate surface area is 175 Å². The van der Waals surface area contributed by atoms with E-state index in [9.17, 15) is 9.59 Å². The quantitative estimate of drug-likeness (QED) is 0.620. The van der Waals surface area contributed by atoms with E-state index >= 15 is 0 Å². The van der Waals surface area contributed by atoms with Crippen molar-refractivity contribution in [2.24, 2.45) is 5.41 Å². The van der Waals surface area contributed by atoms with Crippen LogP contribution in [0.4, 0.5) is 5.69 Å². The number of nitrogens with one attached hydrogen (secondary N) is 2. The van der Waals surface area contributed by atoms with Gasteiger partial charge in [-0.25, -0.2) is 0 Å². The highest BCUT2D eigenvalue weighted by Gasteiger charge is 2.24. The number of halogens is 2. The van der Waals surface area contributed by atoms with Gasteiger partial charge in [0.25, 0.3) is 5.91 Å². The smallest absolute Gasteiger partial charge is 0.272 e. The SMILES string of the molecule is Cc1ccc(NC(=O)/C(=C\c2c(Cl)cccc2Cl)NC(=O)C(C)(C)C)c(C)c1. The Morgan fingerprint density at radius 2 is 1.61 bits per heavy atom. The predicted molar refractivity (Wildman–Crippen MR) is 117 cm³/mol. The molecule has 0 aromatic heterocycles. The van der Waals surface area contributed by atoms with Crippen LogP contribution in [0.25, 0.3) is 6.08 Å². The number of hydrogen-bond acceptors (Lipinski definition) is 2. The van der Waals surface area contributed by atoms with Gasteiger partial charge in [-0.15, -0.1) is 0 Å². The maximum Gasteiger partial charge on any atom is 0.272 e. The van der Waals surface area contributed by atoms with Crippen molar-refractivity contribution in [3.05, 3.63) is 68.8 Å². The van der Waals surface area contributed by atoms with Gasteiger partial charge in [-0.05, 0) is 43.7 Å². The summed E-state index contributed by atoms with van der Waals surface area (Å²) < 4.78 is 0. The Balaban J connectivity index is 2.44. The minimum Gasteiger partial charge on any atom is -0.321 e. The second kappa shape index (κ2) is 8.80. The third-order valence-corrected chi connectivity index (χ3v) is 4.75. The number of carbonyl (C=O) groups is 2. The molecule has 2 aromatic rings. The van der Waals surface area contributed by atoms with Gasteiger partial charge in [-0.2, -0.15) is 0 Å². The number of amides is 2. The Kier molecular flexibility index (Phi) is 6.91. The standard InChI is InChI=1S/C22H24Cl2N2O2/c1-13-9-10-18(14(2)11-13)25-20(27)19(26-21(28)22(3,4)5)12-15-16(23)7-6-8-17(15)24/h6-12H,1-5H3,(H,25,27)(H,26,28)/b19-12+. The third-order valence-electron chi connectivity index (χ3n) is 4.09. The fraction of sp³-hybridized carbons (Fsp3) is 0.273. The number of rotatable bonds is 4. The summed E-state index contributed by atoms with van der Waals surface area (Å²) in [4.78, 5) is 25.5. The maximum atomic E-state index is 13.0. The number of carbonyl (C=O) groups excluding carboxylic acids is 2. The van der Waals surface area contributed by atoms with Gasteiger partial charge in [-0.1, -0.05) is 67.7 Å². The first kappa shape index (κ1) is 22.0. The van der Waals surface area contributed by atoms with E-state index < -0.39 is 11.3 Å². The van der Waals surface area contributed by atoms with Crippen molar-refractivity contribution in [1.82, 2.24) is 5.32 Å². The highest BCUT2D eigenvalue weighted by Crippen LogP contribution is 2.27. The van der Waals surface area contributed by atoms with E-state index in [1.807, 2.05) is 32.0 Å². The van der Waals surface area contributed by atoms with Crippen molar-refractivity contribution in [1.29, 1.82) is 0 Å². The number of hydrogen-bond donors (Lipinski definition) is 2. The van der Waals surface area contributed by atoms with Crippen molar-refractivity contribution < 1.29 is 9.59 Å². The zero-order valence-electron chi connectivity index (χ0n) is 16.6. The van der Waals surface area contributed by atoms with Gasteiger partial charge >= 0.3 is 0 Å². The molecule has 0 bridgehead atoms. The van der Waals surface area contributed by atoms with E-state index in [0.29, 0.717) is 21.3 Å². The molecule has 0 aliphatic heterocycles. The van der Waals surface area contributed by atoms with Crippen LogP contribution in [-0.2, 0) is 9.59 Å². The van der Waals surface area contributed by atoms with E-state index in [-0.39, 0.29) is 11.6 Å². The minimum atomic E-state index is -0.677. The molecule has 0 atom stereocenters. The van der Waals surface area contributed by atoms with Crippen LogP contribution in [0.2, 0.25) is 10.0 Å².